The number of hydrogen-bond donors (Lipinski definition) is 3. The van der Waals surface area contributed by atoms with Crippen molar-refractivity contribution in [2.45, 2.75) is 31.1 Å². The van der Waals surface area contributed by atoms with Crippen molar-refractivity contribution in [3.63, 3.8) is 0 Å². The first-order chi connectivity index (χ1) is 14.7. The van der Waals surface area contributed by atoms with Gasteiger partial charge in [0, 0.05) is 35.8 Å². The predicted octanol–water partition coefficient (Wildman–Crippen LogP) is 2.31. The van der Waals surface area contributed by atoms with Crippen molar-refractivity contribution >= 4 is 11.8 Å². The number of alkyl halides is 3. The first kappa shape index (κ1) is 21.2. The summed E-state index contributed by atoms with van der Waals surface area (Å²) in [5, 5.41) is 6.05. The number of likely N-dealkylation sites (tertiary alicyclic amines) is 1. The van der Waals surface area contributed by atoms with Gasteiger partial charge in [-0.15, -0.1) is 0 Å². The minimum absolute atomic E-state index is 0.0168. The fourth-order valence-corrected chi connectivity index (χ4v) is 4.42. The number of piperidine rings is 1. The Labute approximate surface area is 177 Å². The number of nitrogens with one attached hydrogen (secondary N) is 2. The number of hydrogen-bond acceptors (Lipinski definition) is 4. The standard InChI is InChI=1S/C22H23F3N4O2/c23-22(24,25)14-5-3-13(4-6-14)21(31)28-15-2-1-11-29(12-15)18-8-7-17(20(26)30)19-16(18)9-10-27-19/h3-10,15-16,18,27H,1-2,11-12H2,(H2,26,30)(H,28,31). The maximum Gasteiger partial charge on any atom is 0.416 e. The van der Waals surface area contributed by atoms with Gasteiger partial charge < -0.3 is 16.4 Å². The Balaban J connectivity index is 1.41. The summed E-state index contributed by atoms with van der Waals surface area (Å²) < 4.78 is 38.2. The van der Waals surface area contributed by atoms with Gasteiger partial charge in [-0.2, -0.15) is 13.2 Å². The van der Waals surface area contributed by atoms with Crippen LogP contribution in [-0.2, 0) is 11.0 Å². The average Bonchev–Trinajstić information content (AvgIpc) is 3.22. The third kappa shape index (κ3) is 4.36. The molecule has 1 aromatic rings. The van der Waals surface area contributed by atoms with Crippen LogP contribution in [0.2, 0.25) is 0 Å². The lowest BCUT2D eigenvalue weighted by molar-refractivity contribution is -0.137. The van der Waals surface area contributed by atoms with Crippen LogP contribution in [0, 0.1) is 5.92 Å². The first-order valence-corrected chi connectivity index (χ1v) is 10.1. The number of halogens is 3. The van der Waals surface area contributed by atoms with Crippen LogP contribution in [0.15, 0.2) is 60.0 Å². The molecule has 1 aliphatic carbocycles. The molecule has 164 valence electrons. The molecule has 6 nitrogen and oxygen atoms in total. The largest absolute Gasteiger partial charge is 0.416 e. The van der Waals surface area contributed by atoms with Crippen molar-refractivity contribution in [1.29, 1.82) is 0 Å². The van der Waals surface area contributed by atoms with E-state index in [1.54, 1.807) is 12.3 Å². The summed E-state index contributed by atoms with van der Waals surface area (Å²) in [4.78, 5) is 26.5. The number of primary amides is 1. The third-order valence-electron chi connectivity index (χ3n) is 5.94. The lowest BCUT2D eigenvalue weighted by Gasteiger charge is -2.41. The van der Waals surface area contributed by atoms with E-state index in [-0.39, 0.29) is 23.6 Å². The van der Waals surface area contributed by atoms with Crippen LogP contribution < -0.4 is 16.4 Å². The molecule has 0 bridgehead atoms. The summed E-state index contributed by atoms with van der Waals surface area (Å²) in [5.74, 6) is -0.887. The smallest absolute Gasteiger partial charge is 0.366 e. The van der Waals surface area contributed by atoms with Gasteiger partial charge in [0.15, 0.2) is 0 Å². The second-order valence-corrected chi connectivity index (χ2v) is 7.95. The molecule has 0 spiro atoms. The SMILES string of the molecule is NC(=O)C1=C2NC=CC2C(N2CCCC(NC(=O)c3ccc(C(F)(F)F)cc3)C2)C=C1. The Morgan fingerprint density at radius 3 is 2.58 bits per heavy atom. The van der Waals surface area contributed by atoms with E-state index in [2.05, 4.69) is 15.5 Å². The molecule has 1 fully saturated rings. The predicted molar refractivity (Wildman–Crippen MR) is 108 cm³/mol. The number of amides is 2. The molecule has 3 aliphatic rings. The molecule has 2 amide bonds. The molecule has 3 atom stereocenters. The third-order valence-corrected chi connectivity index (χ3v) is 5.94. The molecule has 1 saturated heterocycles. The summed E-state index contributed by atoms with van der Waals surface area (Å²) in [7, 11) is 0. The maximum atomic E-state index is 12.7. The van der Waals surface area contributed by atoms with Gasteiger partial charge in [0.1, 0.15) is 0 Å². The molecule has 9 heteroatoms. The van der Waals surface area contributed by atoms with Crippen LogP contribution in [0.3, 0.4) is 0 Å². The van der Waals surface area contributed by atoms with E-state index in [4.69, 9.17) is 5.73 Å². The van der Waals surface area contributed by atoms with Crippen LogP contribution in [0.1, 0.15) is 28.8 Å². The molecule has 4 N–H and O–H groups in total. The zero-order valence-corrected chi connectivity index (χ0v) is 16.7. The lowest BCUT2D eigenvalue weighted by Crippen LogP contribution is -2.52. The molecule has 4 rings (SSSR count). The van der Waals surface area contributed by atoms with Crippen LogP contribution in [0.25, 0.3) is 0 Å². The Kier molecular flexibility index (Phi) is 5.62. The highest BCUT2D eigenvalue weighted by molar-refractivity contribution is 5.96. The molecule has 3 unspecified atom stereocenters. The van der Waals surface area contributed by atoms with Crippen molar-refractivity contribution in [2.24, 2.45) is 11.7 Å². The number of carbonyl (C=O) groups is 2. The molecule has 2 aliphatic heterocycles. The van der Waals surface area contributed by atoms with Gasteiger partial charge in [0.05, 0.1) is 11.1 Å². The molecular formula is C22H23F3N4O2. The monoisotopic (exact) mass is 432 g/mol. The van der Waals surface area contributed by atoms with Gasteiger partial charge in [-0.1, -0.05) is 18.2 Å². The minimum Gasteiger partial charge on any atom is -0.366 e. The van der Waals surface area contributed by atoms with Gasteiger partial charge in [-0.3, -0.25) is 14.5 Å². The van der Waals surface area contributed by atoms with Crippen LogP contribution in [0.4, 0.5) is 13.2 Å². The van der Waals surface area contributed by atoms with Crippen molar-refractivity contribution in [2.75, 3.05) is 13.1 Å². The summed E-state index contributed by atoms with van der Waals surface area (Å²) in [6, 6.07) is 4.12. The molecule has 2 heterocycles. The van der Waals surface area contributed by atoms with E-state index in [1.807, 2.05) is 12.2 Å². The molecular weight excluding hydrogens is 409 g/mol. The second-order valence-electron chi connectivity index (χ2n) is 7.95. The highest BCUT2D eigenvalue weighted by atomic mass is 19.4. The van der Waals surface area contributed by atoms with E-state index in [9.17, 15) is 22.8 Å². The molecule has 31 heavy (non-hydrogen) atoms. The summed E-state index contributed by atoms with van der Waals surface area (Å²) in [5.41, 5.74) is 6.14. The first-order valence-electron chi connectivity index (χ1n) is 10.1. The van der Waals surface area contributed by atoms with Crippen molar-refractivity contribution < 1.29 is 22.8 Å². The Morgan fingerprint density at radius 2 is 1.90 bits per heavy atom. The van der Waals surface area contributed by atoms with Gasteiger partial charge in [0.25, 0.3) is 5.91 Å². The minimum atomic E-state index is -4.43. The maximum absolute atomic E-state index is 12.7. The normalized spacial score (nSPS) is 25.8. The summed E-state index contributed by atoms with van der Waals surface area (Å²) >= 11 is 0. The van der Waals surface area contributed by atoms with E-state index < -0.39 is 23.6 Å². The van der Waals surface area contributed by atoms with E-state index >= 15 is 0 Å². The van der Waals surface area contributed by atoms with Gasteiger partial charge >= 0.3 is 6.18 Å². The van der Waals surface area contributed by atoms with Crippen molar-refractivity contribution in [3.8, 4) is 0 Å². The van der Waals surface area contributed by atoms with Crippen molar-refractivity contribution in [3.05, 3.63) is 71.1 Å². The highest BCUT2D eigenvalue weighted by Crippen LogP contribution is 2.33. The molecule has 0 saturated carbocycles. The second kappa shape index (κ2) is 8.22. The number of nitrogens with two attached hydrogens (primary N) is 1. The number of rotatable bonds is 4. The van der Waals surface area contributed by atoms with E-state index in [1.165, 1.54) is 12.1 Å². The Bertz CT molecular complexity index is 966. The molecule has 1 aromatic carbocycles. The fourth-order valence-electron chi connectivity index (χ4n) is 4.42. The van der Waals surface area contributed by atoms with E-state index in [0.29, 0.717) is 12.1 Å². The van der Waals surface area contributed by atoms with E-state index in [0.717, 1.165) is 37.2 Å². The molecule has 0 aromatic heterocycles. The number of fused-ring (bicyclic) bond motifs is 1. The quantitative estimate of drug-likeness (QED) is 0.682. The topological polar surface area (TPSA) is 87.5 Å². The lowest BCUT2D eigenvalue weighted by atomic mass is 9.86. The number of carbonyl (C=O) groups excluding carboxylic acids is 2. The highest BCUT2D eigenvalue weighted by Gasteiger charge is 2.36. The Hall–Kier alpha value is -3.07. The van der Waals surface area contributed by atoms with Crippen LogP contribution in [0.5, 0.6) is 0 Å². The summed E-state index contributed by atoms with van der Waals surface area (Å²) in [6.45, 7) is 1.44. The number of nitrogens with zero attached hydrogens (tertiary/aromatic N) is 1. The number of benzene rings is 1. The fraction of sp³-hybridized carbons (Fsp3) is 0.364. The van der Waals surface area contributed by atoms with Crippen LogP contribution in [-0.4, -0.2) is 41.9 Å². The molecule has 0 radical (unpaired) electrons. The zero-order chi connectivity index (χ0) is 22.2. The van der Waals surface area contributed by atoms with Gasteiger partial charge in [-0.05, 0) is 49.9 Å². The summed E-state index contributed by atoms with van der Waals surface area (Å²) in [6.07, 6.45) is 4.72. The van der Waals surface area contributed by atoms with Crippen LogP contribution >= 0.6 is 0 Å². The Morgan fingerprint density at radius 1 is 1.16 bits per heavy atom. The zero-order valence-electron chi connectivity index (χ0n) is 16.7. The average molecular weight is 432 g/mol. The van der Waals surface area contributed by atoms with Gasteiger partial charge in [-0.25, -0.2) is 0 Å². The van der Waals surface area contributed by atoms with Gasteiger partial charge in [0.2, 0.25) is 5.91 Å². The van der Waals surface area contributed by atoms with Crippen molar-refractivity contribution in [1.82, 2.24) is 15.5 Å².